The summed E-state index contributed by atoms with van der Waals surface area (Å²) in [6, 6.07) is 2.73. The van der Waals surface area contributed by atoms with Crippen molar-refractivity contribution in [2.75, 3.05) is 12.8 Å². The largest absolute Gasteiger partial charge is 0.383 e. The highest BCUT2D eigenvalue weighted by Gasteiger charge is 2.07. The van der Waals surface area contributed by atoms with Gasteiger partial charge in [0.05, 0.1) is 0 Å². The number of pyridine rings is 1. The van der Waals surface area contributed by atoms with Crippen LogP contribution in [-0.2, 0) is 6.42 Å². The fourth-order valence-corrected chi connectivity index (χ4v) is 1.95. The average molecular weight is 221 g/mol. The van der Waals surface area contributed by atoms with Crippen LogP contribution in [0.15, 0.2) is 12.3 Å². The fraction of sp³-hybridized carbons (Fsp3) is 0.615. The van der Waals surface area contributed by atoms with E-state index in [1.807, 2.05) is 13.2 Å². The summed E-state index contributed by atoms with van der Waals surface area (Å²) in [6.07, 6.45) is 6.38. The van der Waals surface area contributed by atoms with Crippen molar-refractivity contribution in [3.63, 3.8) is 0 Å². The Hall–Kier alpha value is -1.09. The molecule has 0 saturated heterocycles. The van der Waals surface area contributed by atoms with Crippen molar-refractivity contribution in [2.45, 2.75) is 45.6 Å². The Labute approximate surface area is 98.5 Å². The number of hydrogen-bond acceptors (Lipinski definition) is 3. The molecule has 1 heterocycles. The molecule has 0 saturated carbocycles. The smallest absolute Gasteiger partial charge is 0.126 e. The first-order chi connectivity index (χ1) is 7.67. The van der Waals surface area contributed by atoms with E-state index in [1.165, 1.54) is 24.0 Å². The number of nitrogen functional groups attached to an aromatic ring is 1. The second-order valence-corrected chi connectivity index (χ2v) is 4.37. The van der Waals surface area contributed by atoms with Gasteiger partial charge in [-0.25, -0.2) is 4.98 Å². The predicted octanol–water partition coefficient (Wildman–Crippen LogP) is 2.29. The number of nitrogens with two attached hydrogens (primary N) is 1. The Morgan fingerprint density at radius 2 is 2.19 bits per heavy atom. The number of aromatic nitrogens is 1. The topological polar surface area (TPSA) is 50.9 Å². The molecule has 0 aliphatic heterocycles. The maximum Gasteiger partial charge on any atom is 0.126 e. The van der Waals surface area contributed by atoms with Crippen LogP contribution in [0.1, 0.15) is 37.3 Å². The van der Waals surface area contributed by atoms with Crippen molar-refractivity contribution >= 4 is 5.82 Å². The highest BCUT2D eigenvalue weighted by Crippen LogP contribution is 2.14. The number of hydrogen-bond donors (Lipinski definition) is 2. The standard InChI is InChI=1S/C13H23N3/c1-4-5-12(15-3)7-6-11-8-10(2)9-16-13(11)14/h8-9,12,15H,4-7H2,1-3H3,(H2,14,16). The first kappa shape index (κ1) is 13.0. The van der Waals surface area contributed by atoms with Crippen molar-refractivity contribution in [1.29, 1.82) is 0 Å². The Bertz CT molecular complexity index is 323. The lowest BCUT2D eigenvalue weighted by atomic mass is 10.0. The summed E-state index contributed by atoms with van der Waals surface area (Å²) in [5.74, 6) is 0.678. The molecule has 0 radical (unpaired) electrons. The molecule has 1 atom stereocenters. The molecule has 3 heteroatoms. The lowest BCUT2D eigenvalue weighted by Crippen LogP contribution is -2.25. The van der Waals surface area contributed by atoms with Crippen LogP contribution in [0.3, 0.4) is 0 Å². The predicted molar refractivity (Wildman–Crippen MR) is 69.5 cm³/mol. The van der Waals surface area contributed by atoms with Gasteiger partial charge in [-0.2, -0.15) is 0 Å². The van der Waals surface area contributed by atoms with Crippen molar-refractivity contribution in [3.05, 3.63) is 23.4 Å². The Balaban J connectivity index is 2.55. The van der Waals surface area contributed by atoms with Crippen LogP contribution in [0.4, 0.5) is 5.82 Å². The van der Waals surface area contributed by atoms with Crippen LogP contribution in [0.25, 0.3) is 0 Å². The molecule has 1 aromatic rings. The van der Waals surface area contributed by atoms with E-state index in [0.29, 0.717) is 11.9 Å². The first-order valence-electron chi connectivity index (χ1n) is 6.05. The lowest BCUT2D eigenvalue weighted by molar-refractivity contribution is 0.484. The second-order valence-electron chi connectivity index (χ2n) is 4.37. The van der Waals surface area contributed by atoms with Crippen molar-refractivity contribution in [3.8, 4) is 0 Å². The van der Waals surface area contributed by atoms with Gasteiger partial charge in [0.2, 0.25) is 0 Å². The first-order valence-corrected chi connectivity index (χ1v) is 6.05. The van der Waals surface area contributed by atoms with E-state index in [-0.39, 0.29) is 0 Å². The molecule has 1 rings (SSSR count). The SMILES string of the molecule is CCCC(CCc1cc(C)cnc1N)NC. The number of rotatable bonds is 6. The third-order valence-corrected chi connectivity index (χ3v) is 2.95. The fourth-order valence-electron chi connectivity index (χ4n) is 1.95. The van der Waals surface area contributed by atoms with E-state index in [0.717, 1.165) is 12.8 Å². The highest BCUT2D eigenvalue weighted by molar-refractivity contribution is 5.40. The summed E-state index contributed by atoms with van der Waals surface area (Å²) < 4.78 is 0. The monoisotopic (exact) mass is 221 g/mol. The van der Waals surface area contributed by atoms with E-state index in [9.17, 15) is 0 Å². The van der Waals surface area contributed by atoms with Crippen LogP contribution >= 0.6 is 0 Å². The van der Waals surface area contributed by atoms with E-state index < -0.39 is 0 Å². The molecule has 0 aliphatic rings. The van der Waals surface area contributed by atoms with Gasteiger partial charge in [0.15, 0.2) is 0 Å². The van der Waals surface area contributed by atoms with Crippen molar-refractivity contribution < 1.29 is 0 Å². The molecule has 16 heavy (non-hydrogen) atoms. The molecular formula is C13H23N3. The molecule has 0 aromatic carbocycles. The molecule has 0 spiro atoms. The maximum absolute atomic E-state index is 5.86. The van der Waals surface area contributed by atoms with Gasteiger partial charge < -0.3 is 11.1 Å². The summed E-state index contributed by atoms with van der Waals surface area (Å²) in [5.41, 5.74) is 8.22. The summed E-state index contributed by atoms with van der Waals surface area (Å²) in [4.78, 5) is 4.19. The van der Waals surface area contributed by atoms with Gasteiger partial charge >= 0.3 is 0 Å². The molecule has 3 N–H and O–H groups in total. The molecule has 0 fully saturated rings. The third-order valence-electron chi connectivity index (χ3n) is 2.95. The normalized spacial score (nSPS) is 12.7. The van der Waals surface area contributed by atoms with Crippen LogP contribution < -0.4 is 11.1 Å². The zero-order valence-corrected chi connectivity index (χ0v) is 10.6. The molecule has 0 bridgehead atoms. The molecule has 90 valence electrons. The maximum atomic E-state index is 5.86. The third kappa shape index (κ3) is 3.81. The van der Waals surface area contributed by atoms with Crippen LogP contribution in [0, 0.1) is 6.92 Å². The van der Waals surface area contributed by atoms with Gasteiger partial charge in [-0.1, -0.05) is 19.4 Å². The minimum atomic E-state index is 0.588. The van der Waals surface area contributed by atoms with Crippen LogP contribution in [0.5, 0.6) is 0 Å². The Morgan fingerprint density at radius 3 is 2.81 bits per heavy atom. The molecule has 3 nitrogen and oxygen atoms in total. The lowest BCUT2D eigenvalue weighted by Gasteiger charge is -2.15. The highest BCUT2D eigenvalue weighted by atomic mass is 14.9. The molecule has 1 unspecified atom stereocenters. The number of aryl methyl sites for hydroxylation is 2. The van der Waals surface area contributed by atoms with Crippen molar-refractivity contribution in [2.24, 2.45) is 0 Å². The summed E-state index contributed by atoms with van der Waals surface area (Å²) in [6.45, 7) is 4.27. The van der Waals surface area contributed by atoms with E-state index in [2.05, 4.69) is 30.2 Å². The van der Waals surface area contributed by atoms with Gasteiger partial charge in [-0.3, -0.25) is 0 Å². The number of nitrogens with zero attached hydrogens (tertiary/aromatic N) is 1. The summed E-state index contributed by atoms with van der Waals surface area (Å²) in [5, 5.41) is 3.35. The van der Waals surface area contributed by atoms with Gasteiger partial charge in [-0.15, -0.1) is 0 Å². The minimum absolute atomic E-state index is 0.588. The van der Waals surface area contributed by atoms with Gasteiger partial charge in [-0.05, 0) is 44.4 Å². The van der Waals surface area contributed by atoms with Gasteiger partial charge in [0, 0.05) is 12.2 Å². The minimum Gasteiger partial charge on any atom is -0.383 e. The van der Waals surface area contributed by atoms with Crippen LogP contribution in [0.2, 0.25) is 0 Å². The van der Waals surface area contributed by atoms with Crippen LogP contribution in [-0.4, -0.2) is 18.1 Å². The molecule has 1 aromatic heterocycles. The summed E-state index contributed by atoms with van der Waals surface area (Å²) in [7, 11) is 2.03. The van der Waals surface area contributed by atoms with E-state index >= 15 is 0 Å². The molecular weight excluding hydrogens is 198 g/mol. The zero-order valence-electron chi connectivity index (χ0n) is 10.6. The van der Waals surface area contributed by atoms with Crippen molar-refractivity contribution in [1.82, 2.24) is 10.3 Å². The summed E-state index contributed by atoms with van der Waals surface area (Å²) >= 11 is 0. The quantitative estimate of drug-likeness (QED) is 0.775. The second kappa shape index (κ2) is 6.48. The van der Waals surface area contributed by atoms with Gasteiger partial charge in [0.25, 0.3) is 0 Å². The van der Waals surface area contributed by atoms with E-state index in [4.69, 9.17) is 5.73 Å². The Kier molecular flexibility index (Phi) is 5.26. The zero-order chi connectivity index (χ0) is 12.0. The van der Waals surface area contributed by atoms with Gasteiger partial charge in [0.1, 0.15) is 5.82 Å². The number of nitrogens with one attached hydrogen (secondary N) is 1. The molecule has 0 amide bonds. The number of anilines is 1. The Morgan fingerprint density at radius 1 is 1.44 bits per heavy atom. The van der Waals surface area contributed by atoms with E-state index in [1.54, 1.807) is 0 Å². The molecule has 0 aliphatic carbocycles. The average Bonchev–Trinajstić information content (AvgIpc) is 2.28.